The molecule has 0 spiro atoms. The van der Waals surface area contributed by atoms with E-state index >= 15 is 0 Å². The Balaban J connectivity index is 0.000000371. The smallest absolute Gasteiger partial charge is 0.165 e. The average molecular weight is 140 g/mol. The van der Waals surface area contributed by atoms with Gasteiger partial charge in [-0.15, -0.1) is 0 Å². The summed E-state index contributed by atoms with van der Waals surface area (Å²) in [4.78, 5) is 3.91. The molecule has 0 bridgehead atoms. The molecular formula is C8H12O2. The van der Waals surface area contributed by atoms with Crippen LogP contribution in [0.5, 0.6) is 5.75 Å². The van der Waals surface area contributed by atoms with E-state index < -0.39 is 0 Å². The minimum Gasteiger partial charge on any atom is -0.340 e. The standard InChI is InChI=1S/C6H6O2.C2H6/c7-8-6-4-2-1-3-5-6;1-2/h1-5,7H;1-2H3. The summed E-state index contributed by atoms with van der Waals surface area (Å²) in [6, 6.07) is 8.75. The van der Waals surface area contributed by atoms with Gasteiger partial charge in [-0.05, 0) is 12.1 Å². The summed E-state index contributed by atoms with van der Waals surface area (Å²) in [5.74, 6) is 0.465. The quantitative estimate of drug-likeness (QED) is 0.480. The van der Waals surface area contributed by atoms with Crippen LogP contribution in [-0.4, -0.2) is 5.26 Å². The monoisotopic (exact) mass is 140 g/mol. The SMILES string of the molecule is CC.OOc1ccccc1. The molecule has 0 heterocycles. The van der Waals surface area contributed by atoms with E-state index in [0.717, 1.165) is 0 Å². The molecule has 2 heteroatoms. The number of hydrogen-bond donors (Lipinski definition) is 1. The van der Waals surface area contributed by atoms with Crippen molar-refractivity contribution < 1.29 is 10.1 Å². The van der Waals surface area contributed by atoms with E-state index in [1.807, 2.05) is 19.9 Å². The maximum Gasteiger partial charge on any atom is 0.165 e. The molecule has 0 aliphatic rings. The van der Waals surface area contributed by atoms with Gasteiger partial charge in [0.15, 0.2) is 5.75 Å². The second-order valence-corrected chi connectivity index (χ2v) is 1.40. The lowest BCUT2D eigenvalue weighted by atomic mass is 10.3. The highest BCUT2D eigenvalue weighted by atomic mass is 17.1. The van der Waals surface area contributed by atoms with Crippen LogP contribution in [0.3, 0.4) is 0 Å². The Morgan fingerprint density at radius 3 is 1.90 bits per heavy atom. The van der Waals surface area contributed by atoms with Gasteiger partial charge in [-0.2, -0.15) is 0 Å². The summed E-state index contributed by atoms with van der Waals surface area (Å²) >= 11 is 0. The second-order valence-electron chi connectivity index (χ2n) is 1.40. The van der Waals surface area contributed by atoms with Crippen LogP contribution in [-0.2, 0) is 0 Å². The summed E-state index contributed by atoms with van der Waals surface area (Å²) in [7, 11) is 0. The molecule has 1 aromatic rings. The molecule has 1 rings (SSSR count). The molecule has 0 radical (unpaired) electrons. The largest absolute Gasteiger partial charge is 0.340 e. The van der Waals surface area contributed by atoms with Gasteiger partial charge in [0.05, 0.1) is 0 Å². The molecule has 1 aromatic carbocycles. The van der Waals surface area contributed by atoms with Gasteiger partial charge >= 0.3 is 0 Å². The zero-order valence-electron chi connectivity index (χ0n) is 6.24. The molecule has 56 valence electrons. The van der Waals surface area contributed by atoms with Crippen LogP contribution in [0.15, 0.2) is 30.3 Å². The zero-order chi connectivity index (χ0) is 7.82. The molecule has 0 fully saturated rings. The molecule has 0 atom stereocenters. The lowest BCUT2D eigenvalue weighted by Gasteiger charge is -1.90. The Bertz CT molecular complexity index is 149. The Labute approximate surface area is 61.0 Å². The summed E-state index contributed by atoms with van der Waals surface area (Å²) in [5, 5.41) is 8.04. The van der Waals surface area contributed by atoms with Crippen LogP contribution < -0.4 is 4.89 Å². The Morgan fingerprint density at radius 2 is 1.60 bits per heavy atom. The number of rotatable bonds is 1. The first-order chi connectivity index (χ1) is 4.93. The van der Waals surface area contributed by atoms with Crippen molar-refractivity contribution in [2.24, 2.45) is 0 Å². The van der Waals surface area contributed by atoms with Gasteiger partial charge < -0.3 is 4.89 Å². The maximum atomic E-state index is 8.04. The first-order valence-electron chi connectivity index (χ1n) is 3.30. The summed E-state index contributed by atoms with van der Waals surface area (Å²) in [5.41, 5.74) is 0. The lowest BCUT2D eigenvalue weighted by Crippen LogP contribution is -1.79. The van der Waals surface area contributed by atoms with Crippen molar-refractivity contribution in [3.05, 3.63) is 30.3 Å². The van der Waals surface area contributed by atoms with E-state index in [-0.39, 0.29) is 0 Å². The summed E-state index contributed by atoms with van der Waals surface area (Å²) in [6.45, 7) is 4.00. The van der Waals surface area contributed by atoms with Crippen LogP contribution in [0.4, 0.5) is 0 Å². The van der Waals surface area contributed by atoms with Gasteiger partial charge in [-0.3, -0.25) is 0 Å². The van der Waals surface area contributed by atoms with E-state index in [0.29, 0.717) is 5.75 Å². The predicted molar refractivity (Wildman–Crippen MR) is 41.0 cm³/mol. The number of benzene rings is 1. The van der Waals surface area contributed by atoms with Crippen LogP contribution in [0.2, 0.25) is 0 Å². The van der Waals surface area contributed by atoms with Crippen molar-refractivity contribution in [3.8, 4) is 5.75 Å². The van der Waals surface area contributed by atoms with Gasteiger partial charge in [-0.25, -0.2) is 5.26 Å². The van der Waals surface area contributed by atoms with E-state index in [1.165, 1.54) is 0 Å². The van der Waals surface area contributed by atoms with Gasteiger partial charge in [0.25, 0.3) is 0 Å². The molecule has 0 aromatic heterocycles. The van der Waals surface area contributed by atoms with Crippen molar-refractivity contribution >= 4 is 0 Å². The Kier molecular flexibility index (Phi) is 5.48. The fourth-order valence-corrected chi connectivity index (χ4v) is 0.481. The molecule has 0 aliphatic heterocycles. The minimum absolute atomic E-state index is 0.465. The second kappa shape index (κ2) is 6.11. The van der Waals surface area contributed by atoms with Crippen LogP contribution in [0, 0.1) is 0 Å². The predicted octanol–water partition coefficient (Wildman–Crippen LogP) is 2.56. The van der Waals surface area contributed by atoms with Crippen molar-refractivity contribution in [1.82, 2.24) is 0 Å². The average Bonchev–Trinajstić information content (AvgIpc) is 2.10. The topological polar surface area (TPSA) is 29.5 Å². The van der Waals surface area contributed by atoms with Gasteiger partial charge in [-0.1, -0.05) is 32.0 Å². The highest BCUT2D eigenvalue weighted by Gasteiger charge is 1.82. The Hall–Kier alpha value is -1.02. The van der Waals surface area contributed by atoms with Crippen LogP contribution in [0.1, 0.15) is 13.8 Å². The van der Waals surface area contributed by atoms with E-state index in [1.54, 1.807) is 24.3 Å². The van der Waals surface area contributed by atoms with Crippen molar-refractivity contribution in [2.45, 2.75) is 13.8 Å². The first kappa shape index (κ1) is 8.98. The normalized spacial score (nSPS) is 7.50. The first-order valence-corrected chi connectivity index (χ1v) is 3.30. The fourth-order valence-electron chi connectivity index (χ4n) is 0.481. The third-order valence-electron chi connectivity index (χ3n) is 0.849. The van der Waals surface area contributed by atoms with Gasteiger partial charge in [0.2, 0.25) is 0 Å². The van der Waals surface area contributed by atoms with Gasteiger partial charge in [0.1, 0.15) is 0 Å². The zero-order valence-corrected chi connectivity index (χ0v) is 6.24. The molecule has 0 aliphatic carbocycles. The molecule has 2 nitrogen and oxygen atoms in total. The summed E-state index contributed by atoms with van der Waals surface area (Å²) < 4.78 is 0. The van der Waals surface area contributed by atoms with E-state index in [9.17, 15) is 0 Å². The number of hydrogen-bond acceptors (Lipinski definition) is 2. The molecule has 1 N–H and O–H groups in total. The molecule has 0 saturated carbocycles. The molecule has 10 heavy (non-hydrogen) atoms. The fraction of sp³-hybridized carbons (Fsp3) is 0.250. The van der Waals surface area contributed by atoms with Crippen LogP contribution in [0.25, 0.3) is 0 Å². The van der Waals surface area contributed by atoms with Crippen molar-refractivity contribution in [1.29, 1.82) is 0 Å². The van der Waals surface area contributed by atoms with Gasteiger partial charge in [0, 0.05) is 0 Å². The van der Waals surface area contributed by atoms with E-state index in [2.05, 4.69) is 4.89 Å². The highest BCUT2D eigenvalue weighted by Crippen LogP contribution is 2.05. The Morgan fingerprint density at radius 1 is 1.10 bits per heavy atom. The summed E-state index contributed by atoms with van der Waals surface area (Å²) in [6.07, 6.45) is 0. The number of para-hydroxylation sites is 1. The molecule has 0 saturated heterocycles. The third-order valence-corrected chi connectivity index (χ3v) is 0.849. The maximum absolute atomic E-state index is 8.04. The van der Waals surface area contributed by atoms with Crippen LogP contribution >= 0.6 is 0 Å². The van der Waals surface area contributed by atoms with Crippen molar-refractivity contribution in [2.75, 3.05) is 0 Å². The van der Waals surface area contributed by atoms with E-state index in [4.69, 9.17) is 5.26 Å². The van der Waals surface area contributed by atoms with Crippen molar-refractivity contribution in [3.63, 3.8) is 0 Å². The highest BCUT2D eigenvalue weighted by molar-refractivity contribution is 5.19. The molecular weight excluding hydrogens is 128 g/mol. The lowest BCUT2D eigenvalue weighted by molar-refractivity contribution is -0.137. The third kappa shape index (κ3) is 3.10. The minimum atomic E-state index is 0.465. The molecule has 0 amide bonds. The molecule has 0 unspecified atom stereocenters.